The van der Waals surface area contributed by atoms with Gasteiger partial charge >= 0.3 is 11.6 Å². The van der Waals surface area contributed by atoms with Crippen LogP contribution in [0.15, 0.2) is 0 Å². The van der Waals surface area contributed by atoms with Crippen molar-refractivity contribution in [3.63, 3.8) is 0 Å². The van der Waals surface area contributed by atoms with Gasteiger partial charge in [-0.2, -0.15) is 0 Å². The summed E-state index contributed by atoms with van der Waals surface area (Å²) in [5.74, 6) is -1.12. The summed E-state index contributed by atoms with van der Waals surface area (Å²) < 4.78 is 4.11. The molecule has 0 aliphatic heterocycles. The first-order valence-corrected chi connectivity index (χ1v) is 3.70. The molecule has 0 aromatic heterocycles. The molecule has 0 fully saturated rings. The fourth-order valence-corrected chi connectivity index (χ4v) is 0.726. The molecule has 0 atom stereocenters. The van der Waals surface area contributed by atoms with E-state index in [1.807, 2.05) is 0 Å². The molecule has 0 aromatic rings. The second-order valence-electron chi connectivity index (χ2n) is 2.88. The standard InChI is InChI=1S/C6H9N3O6.ClH/c1-6(8(11)12,9(13)14)3-4(7)5(10)15-2;/h7H,3H2,1-2H3;1H. The summed E-state index contributed by atoms with van der Waals surface area (Å²) in [5, 5.41) is 27.9. The van der Waals surface area contributed by atoms with E-state index < -0.39 is 33.6 Å². The quantitative estimate of drug-likeness (QED) is 0.246. The Hall–Kier alpha value is -1.77. The van der Waals surface area contributed by atoms with Gasteiger partial charge in [0.1, 0.15) is 12.1 Å². The summed E-state index contributed by atoms with van der Waals surface area (Å²) in [6.07, 6.45) is -0.917. The third kappa shape index (κ3) is 3.42. The van der Waals surface area contributed by atoms with Crippen LogP contribution in [0.2, 0.25) is 0 Å². The first kappa shape index (κ1) is 16.7. The average molecular weight is 256 g/mol. The maximum Gasteiger partial charge on any atom is 0.461 e. The third-order valence-corrected chi connectivity index (χ3v) is 1.73. The molecule has 92 valence electrons. The van der Waals surface area contributed by atoms with Gasteiger partial charge in [-0.05, 0) is 0 Å². The zero-order valence-electron chi connectivity index (χ0n) is 8.46. The van der Waals surface area contributed by atoms with E-state index in [1.54, 1.807) is 0 Å². The highest BCUT2D eigenvalue weighted by atomic mass is 35.5. The highest BCUT2D eigenvalue weighted by Crippen LogP contribution is 2.15. The number of nitrogens with zero attached hydrogens (tertiary/aromatic N) is 2. The van der Waals surface area contributed by atoms with Crippen LogP contribution in [0.1, 0.15) is 13.3 Å². The number of nitro groups is 2. The van der Waals surface area contributed by atoms with Crippen LogP contribution < -0.4 is 0 Å². The minimum absolute atomic E-state index is 0. The fourth-order valence-electron chi connectivity index (χ4n) is 0.726. The van der Waals surface area contributed by atoms with Crippen LogP contribution in [0.3, 0.4) is 0 Å². The Labute approximate surface area is 96.0 Å². The van der Waals surface area contributed by atoms with Crippen molar-refractivity contribution in [1.82, 2.24) is 0 Å². The van der Waals surface area contributed by atoms with Crippen LogP contribution in [-0.4, -0.2) is 34.3 Å². The largest absolute Gasteiger partial charge is 0.465 e. The maximum absolute atomic E-state index is 10.7. The Morgan fingerprint density at radius 1 is 1.38 bits per heavy atom. The minimum Gasteiger partial charge on any atom is -0.465 e. The van der Waals surface area contributed by atoms with E-state index in [1.165, 1.54) is 0 Å². The van der Waals surface area contributed by atoms with Gasteiger partial charge in [0.05, 0.1) is 23.9 Å². The van der Waals surface area contributed by atoms with Gasteiger partial charge in [0.2, 0.25) is 0 Å². The average Bonchev–Trinajstić information content (AvgIpc) is 2.15. The molecule has 0 aromatic carbocycles. The van der Waals surface area contributed by atoms with E-state index in [-0.39, 0.29) is 12.4 Å². The van der Waals surface area contributed by atoms with Crippen molar-refractivity contribution in [3.8, 4) is 0 Å². The molecule has 0 bridgehead atoms. The molecule has 0 saturated heterocycles. The second kappa shape index (κ2) is 5.95. The molecular weight excluding hydrogens is 246 g/mol. The topological polar surface area (TPSA) is 136 Å². The lowest BCUT2D eigenvalue weighted by molar-refractivity contribution is -0.790. The van der Waals surface area contributed by atoms with Crippen molar-refractivity contribution in [2.45, 2.75) is 19.0 Å². The number of nitrogens with one attached hydrogen (secondary N) is 1. The molecule has 0 heterocycles. The number of hydrogen-bond donors (Lipinski definition) is 1. The van der Waals surface area contributed by atoms with Gasteiger partial charge < -0.3 is 4.74 Å². The number of esters is 1. The van der Waals surface area contributed by atoms with Gasteiger partial charge in [-0.1, -0.05) is 0 Å². The number of rotatable bonds is 5. The highest BCUT2D eigenvalue weighted by molar-refractivity contribution is 6.35. The Morgan fingerprint density at radius 2 is 1.75 bits per heavy atom. The van der Waals surface area contributed by atoms with Gasteiger partial charge in [-0.25, -0.2) is 4.79 Å². The van der Waals surface area contributed by atoms with Crippen LogP contribution in [-0.2, 0) is 9.53 Å². The monoisotopic (exact) mass is 255 g/mol. The number of halogens is 1. The smallest absolute Gasteiger partial charge is 0.461 e. The number of ether oxygens (including phenoxy) is 1. The van der Waals surface area contributed by atoms with Crippen molar-refractivity contribution >= 4 is 24.1 Å². The second-order valence-corrected chi connectivity index (χ2v) is 2.88. The SMILES string of the molecule is COC(=O)C(=N)CC(C)([N+](=O)[O-])[N+](=O)[O-].Cl. The van der Waals surface area contributed by atoms with Crippen LogP contribution >= 0.6 is 12.4 Å². The Bertz CT molecular complexity index is 316. The zero-order chi connectivity index (χ0) is 12.2. The van der Waals surface area contributed by atoms with E-state index in [0.29, 0.717) is 0 Å². The van der Waals surface area contributed by atoms with E-state index >= 15 is 0 Å². The molecular formula is C6H10ClN3O6. The summed E-state index contributed by atoms with van der Waals surface area (Å²) in [6, 6.07) is 0. The van der Waals surface area contributed by atoms with Gasteiger partial charge in [0, 0.05) is 0 Å². The lowest BCUT2D eigenvalue weighted by Crippen LogP contribution is -2.46. The lowest BCUT2D eigenvalue weighted by atomic mass is 10.1. The molecule has 1 N–H and O–H groups in total. The molecule has 0 spiro atoms. The number of carbonyl (C=O) groups excluding carboxylic acids is 1. The number of carbonyl (C=O) groups is 1. The van der Waals surface area contributed by atoms with Crippen molar-refractivity contribution in [1.29, 1.82) is 5.41 Å². The molecule has 0 radical (unpaired) electrons. The van der Waals surface area contributed by atoms with Crippen molar-refractivity contribution < 1.29 is 19.4 Å². The van der Waals surface area contributed by atoms with Crippen molar-refractivity contribution in [2.24, 2.45) is 0 Å². The summed E-state index contributed by atoms with van der Waals surface area (Å²) in [4.78, 5) is 29.3. The summed E-state index contributed by atoms with van der Waals surface area (Å²) in [7, 11) is 0.979. The normalized spacial score (nSPS) is 9.88. The Balaban J connectivity index is 0. The third-order valence-electron chi connectivity index (χ3n) is 1.73. The molecule has 9 nitrogen and oxygen atoms in total. The van der Waals surface area contributed by atoms with Crippen LogP contribution in [0.5, 0.6) is 0 Å². The zero-order valence-corrected chi connectivity index (χ0v) is 9.28. The molecule has 10 heteroatoms. The predicted octanol–water partition coefficient (Wildman–Crippen LogP) is 0.261. The molecule has 0 aliphatic carbocycles. The van der Waals surface area contributed by atoms with E-state index in [4.69, 9.17) is 5.41 Å². The Morgan fingerprint density at radius 3 is 2.00 bits per heavy atom. The number of methoxy groups -OCH3 is 1. The maximum atomic E-state index is 10.7. The van der Waals surface area contributed by atoms with Crippen molar-refractivity contribution in [3.05, 3.63) is 20.2 Å². The predicted molar refractivity (Wildman–Crippen MR) is 54.0 cm³/mol. The lowest BCUT2D eigenvalue weighted by Gasteiger charge is -2.11. The molecule has 16 heavy (non-hydrogen) atoms. The van der Waals surface area contributed by atoms with E-state index in [2.05, 4.69) is 4.74 Å². The summed E-state index contributed by atoms with van der Waals surface area (Å²) in [5.41, 5.74) is -3.39. The van der Waals surface area contributed by atoms with Gasteiger partial charge in [-0.15, -0.1) is 12.4 Å². The molecule has 0 unspecified atom stereocenters. The first-order chi connectivity index (χ1) is 6.75. The van der Waals surface area contributed by atoms with Gasteiger partial charge in [-0.3, -0.25) is 25.6 Å². The first-order valence-electron chi connectivity index (χ1n) is 3.70. The van der Waals surface area contributed by atoms with Crippen LogP contribution in [0, 0.1) is 25.6 Å². The molecule has 0 saturated carbocycles. The highest BCUT2D eigenvalue weighted by Gasteiger charge is 2.52. The van der Waals surface area contributed by atoms with Gasteiger partial charge in [0.15, 0.2) is 0 Å². The summed E-state index contributed by atoms with van der Waals surface area (Å²) >= 11 is 0. The number of hydrogen-bond acceptors (Lipinski definition) is 7. The van der Waals surface area contributed by atoms with E-state index in [9.17, 15) is 25.0 Å². The minimum atomic E-state index is -2.58. The van der Waals surface area contributed by atoms with E-state index in [0.717, 1.165) is 14.0 Å². The van der Waals surface area contributed by atoms with Crippen molar-refractivity contribution in [2.75, 3.05) is 7.11 Å². The Kier molecular flexibility index (Phi) is 6.20. The molecule has 0 aliphatic rings. The summed E-state index contributed by atoms with van der Waals surface area (Å²) in [6.45, 7) is 0.727. The van der Waals surface area contributed by atoms with Crippen LogP contribution in [0.25, 0.3) is 0 Å². The van der Waals surface area contributed by atoms with Gasteiger partial charge in [0.25, 0.3) is 0 Å². The fraction of sp³-hybridized carbons (Fsp3) is 0.667. The van der Waals surface area contributed by atoms with Crippen LogP contribution in [0.4, 0.5) is 0 Å². The molecule has 0 amide bonds. The molecule has 0 rings (SSSR count).